The van der Waals surface area contributed by atoms with Gasteiger partial charge in [0.25, 0.3) is 5.91 Å². The number of amides is 2. The Morgan fingerprint density at radius 1 is 1.00 bits per heavy atom. The van der Waals surface area contributed by atoms with Crippen molar-refractivity contribution in [1.29, 1.82) is 0 Å². The first-order valence-electron chi connectivity index (χ1n) is 11.4. The first-order chi connectivity index (χ1) is 16.2. The number of aromatic nitrogens is 2. The van der Waals surface area contributed by atoms with Crippen molar-refractivity contribution in [2.75, 3.05) is 39.3 Å². The van der Waals surface area contributed by atoms with Crippen molar-refractivity contribution in [2.45, 2.75) is 17.9 Å². The van der Waals surface area contributed by atoms with Gasteiger partial charge in [-0.05, 0) is 43.2 Å². The third-order valence-electron chi connectivity index (χ3n) is 6.15. The average Bonchev–Trinajstić information content (AvgIpc) is 3.28. The number of carbonyl (C=O) groups excluding carboxylic acids is 2. The molecular weight excluding hydrogens is 434 g/mol. The highest BCUT2D eigenvalue weighted by Crippen LogP contribution is 2.34. The molecule has 2 aliphatic heterocycles. The molecule has 33 heavy (non-hydrogen) atoms. The van der Waals surface area contributed by atoms with Crippen LogP contribution >= 0.6 is 11.8 Å². The molecule has 2 amide bonds. The fourth-order valence-electron chi connectivity index (χ4n) is 4.33. The van der Waals surface area contributed by atoms with Gasteiger partial charge in [0, 0.05) is 26.2 Å². The predicted octanol–water partition coefficient (Wildman–Crippen LogP) is 2.67. The number of piperazine rings is 1. The van der Waals surface area contributed by atoms with Crippen LogP contribution in [0.15, 0.2) is 64.7 Å². The quantitative estimate of drug-likeness (QED) is 0.586. The highest BCUT2D eigenvalue weighted by Gasteiger charge is 2.23. The Hall–Kier alpha value is -3.10. The van der Waals surface area contributed by atoms with E-state index in [1.54, 1.807) is 6.20 Å². The molecule has 0 atom stereocenters. The van der Waals surface area contributed by atoms with Crippen LogP contribution in [0.5, 0.6) is 0 Å². The van der Waals surface area contributed by atoms with Crippen LogP contribution in [0.4, 0.5) is 0 Å². The summed E-state index contributed by atoms with van der Waals surface area (Å²) in [6, 6.07) is 16.4. The third kappa shape index (κ3) is 4.96. The molecule has 7 nitrogen and oxygen atoms in total. The summed E-state index contributed by atoms with van der Waals surface area (Å²) < 4.78 is 2.02. The van der Waals surface area contributed by atoms with Gasteiger partial charge in [0.15, 0.2) is 0 Å². The molecule has 1 saturated heterocycles. The lowest BCUT2D eigenvalue weighted by Crippen LogP contribution is -2.51. The second-order valence-corrected chi connectivity index (χ2v) is 9.41. The molecule has 1 fully saturated rings. The van der Waals surface area contributed by atoms with Crippen LogP contribution in [0.3, 0.4) is 0 Å². The van der Waals surface area contributed by atoms with Crippen LogP contribution in [0.2, 0.25) is 0 Å². The van der Waals surface area contributed by atoms with Crippen molar-refractivity contribution in [1.82, 2.24) is 24.5 Å². The van der Waals surface area contributed by atoms with Crippen LogP contribution in [0, 0.1) is 0 Å². The number of thioether (sulfide) groups is 1. The maximum Gasteiger partial charge on any atom is 0.258 e. The van der Waals surface area contributed by atoms with Crippen molar-refractivity contribution in [3.63, 3.8) is 0 Å². The zero-order chi connectivity index (χ0) is 22.6. The van der Waals surface area contributed by atoms with E-state index in [9.17, 15) is 9.59 Å². The number of hydrogen-bond donors (Lipinski definition) is 1. The minimum Gasteiger partial charge on any atom is -0.343 e. The minimum atomic E-state index is -0.225. The van der Waals surface area contributed by atoms with Crippen molar-refractivity contribution >= 4 is 35.3 Å². The van der Waals surface area contributed by atoms with Gasteiger partial charge >= 0.3 is 0 Å². The van der Waals surface area contributed by atoms with Gasteiger partial charge in [-0.1, -0.05) is 48.2 Å². The van der Waals surface area contributed by atoms with E-state index < -0.39 is 0 Å². The summed E-state index contributed by atoms with van der Waals surface area (Å²) in [6.45, 7) is 4.24. The number of nitrogens with zero attached hydrogens (tertiary/aromatic N) is 4. The number of benzene rings is 1. The van der Waals surface area contributed by atoms with E-state index in [1.165, 1.54) is 17.3 Å². The maximum atomic E-state index is 12.7. The molecule has 0 radical (unpaired) electrons. The van der Waals surface area contributed by atoms with Crippen LogP contribution < -0.4 is 5.32 Å². The Kier molecular flexibility index (Phi) is 6.46. The highest BCUT2D eigenvalue weighted by molar-refractivity contribution is 8.04. The Bertz CT molecular complexity index is 1180. The Labute approximate surface area is 197 Å². The zero-order valence-electron chi connectivity index (χ0n) is 18.4. The molecule has 2 aliphatic rings. The fraction of sp³-hybridized carbons (Fsp3) is 0.320. The fourth-order valence-corrected chi connectivity index (χ4v) is 5.33. The van der Waals surface area contributed by atoms with Gasteiger partial charge in [0.1, 0.15) is 5.65 Å². The normalized spacial score (nSPS) is 16.0. The Balaban J connectivity index is 1.06. The smallest absolute Gasteiger partial charge is 0.258 e. The number of pyridine rings is 1. The third-order valence-corrected chi connectivity index (χ3v) is 7.20. The highest BCUT2D eigenvalue weighted by atomic mass is 32.2. The monoisotopic (exact) mass is 461 g/mol. The SMILES string of the molecule is O=C(NCC(=O)N1CCN(CCCc2ccccc2)CC1)C1=Cc2cnc3cccc(n23)S1. The molecule has 1 N–H and O–H groups in total. The summed E-state index contributed by atoms with van der Waals surface area (Å²) in [7, 11) is 0. The molecule has 8 heteroatoms. The molecular formula is C25H27N5O2S. The summed E-state index contributed by atoms with van der Waals surface area (Å²) in [6.07, 6.45) is 5.78. The van der Waals surface area contributed by atoms with E-state index in [0.717, 1.165) is 48.8 Å². The summed E-state index contributed by atoms with van der Waals surface area (Å²) in [5.74, 6) is -0.252. The van der Waals surface area contributed by atoms with Gasteiger partial charge in [-0.2, -0.15) is 0 Å². The van der Waals surface area contributed by atoms with Gasteiger partial charge in [0.05, 0.1) is 28.4 Å². The number of hydrogen-bond acceptors (Lipinski definition) is 5. The van der Waals surface area contributed by atoms with Crippen LogP contribution in [0.25, 0.3) is 11.7 Å². The number of aryl methyl sites for hydroxylation is 1. The summed E-state index contributed by atoms with van der Waals surface area (Å²) in [5, 5.41) is 3.75. The van der Waals surface area contributed by atoms with Gasteiger partial charge in [0.2, 0.25) is 5.91 Å². The molecule has 0 saturated carbocycles. The molecule has 4 heterocycles. The van der Waals surface area contributed by atoms with E-state index >= 15 is 0 Å². The van der Waals surface area contributed by atoms with E-state index in [4.69, 9.17) is 0 Å². The second-order valence-electron chi connectivity index (χ2n) is 8.35. The number of nitrogens with one attached hydrogen (secondary N) is 1. The molecule has 0 aliphatic carbocycles. The van der Waals surface area contributed by atoms with E-state index in [1.807, 2.05) is 39.6 Å². The topological polar surface area (TPSA) is 70.0 Å². The maximum absolute atomic E-state index is 12.7. The van der Waals surface area contributed by atoms with E-state index in [-0.39, 0.29) is 18.4 Å². The van der Waals surface area contributed by atoms with Crippen LogP contribution in [-0.4, -0.2) is 70.3 Å². The summed E-state index contributed by atoms with van der Waals surface area (Å²) in [4.78, 5) is 34.6. The Morgan fingerprint density at radius 2 is 1.82 bits per heavy atom. The first-order valence-corrected chi connectivity index (χ1v) is 12.2. The van der Waals surface area contributed by atoms with Crippen molar-refractivity contribution in [3.8, 4) is 0 Å². The molecule has 0 spiro atoms. The zero-order valence-corrected chi connectivity index (χ0v) is 19.3. The van der Waals surface area contributed by atoms with Gasteiger partial charge in [-0.25, -0.2) is 4.98 Å². The van der Waals surface area contributed by atoms with Crippen LogP contribution in [-0.2, 0) is 16.0 Å². The number of imidazole rings is 1. The van der Waals surface area contributed by atoms with Gasteiger partial charge in [-0.3, -0.25) is 18.9 Å². The first kappa shape index (κ1) is 21.7. The molecule has 3 aromatic rings. The molecule has 1 aromatic carbocycles. The minimum absolute atomic E-state index is 0.0220. The molecule has 0 bridgehead atoms. The summed E-state index contributed by atoms with van der Waals surface area (Å²) in [5.41, 5.74) is 3.11. The van der Waals surface area contributed by atoms with Crippen LogP contribution in [0.1, 0.15) is 17.7 Å². The Morgan fingerprint density at radius 3 is 2.64 bits per heavy atom. The molecule has 2 aromatic heterocycles. The number of rotatable bonds is 7. The lowest BCUT2D eigenvalue weighted by Gasteiger charge is -2.34. The summed E-state index contributed by atoms with van der Waals surface area (Å²) >= 11 is 1.40. The lowest BCUT2D eigenvalue weighted by atomic mass is 10.1. The van der Waals surface area contributed by atoms with Gasteiger partial charge < -0.3 is 10.2 Å². The molecule has 170 valence electrons. The second kappa shape index (κ2) is 9.80. The average molecular weight is 462 g/mol. The standard InChI is InChI=1S/C25H27N5O2S/c31-23(29-14-12-28(13-15-29)11-5-8-19-6-2-1-3-7-19)18-27-25(32)21-16-20-17-26-22-9-4-10-24(33-21)30(20)22/h1-4,6-7,9-10,16-17H,5,8,11-15,18H2,(H,27,32). The van der Waals surface area contributed by atoms with Crippen molar-refractivity contribution in [3.05, 3.63) is 70.9 Å². The lowest BCUT2D eigenvalue weighted by molar-refractivity contribution is -0.133. The van der Waals surface area contributed by atoms with Gasteiger partial charge in [-0.15, -0.1) is 0 Å². The van der Waals surface area contributed by atoms with E-state index in [0.29, 0.717) is 18.0 Å². The largest absolute Gasteiger partial charge is 0.343 e. The predicted molar refractivity (Wildman–Crippen MR) is 130 cm³/mol. The molecule has 0 unspecified atom stereocenters. The van der Waals surface area contributed by atoms with E-state index in [2.05, 4.69) is 39.5 Å². The molecule has 5 rings (SSSR count). The number of carbonyl (C=O) groups is 2. The van der Waals surface area contributed by atoms with Crippen molar-refractivity contribution < 1.29 is 9.59 Å². The van der Waals surface area contributed by atoms with Crippen molar-refractivity contribution in [2.24, 2.45) is 0 Å².